The van der Waals surface area contributed by atoms with Crippen molar-refractivity contribution in [2.24, 2.45) is 25.9 Å². The van der Waals surface area contributed by atoms with E-state index in [-0.39, 0.29) is 37.0 Å². The predicted molar refractivity (Wildman–Crippen MR) is 304 cm³/mol. The van der Waals surface area contributed by atoms with Gasteiger partial charge in [0, 0.05) is 74.4 Å². The number of hydrogen-bond acceptors (Lipinski definition) is 15. The minimum absolute atomic E-state index is 0.0324. The lowest BCUT2D eigenvalue weighted by Crippen LogP contribution is -2.43. The molecule has 0 saturated carbocycles. The van der Waals surface area contributed by atoms with E-state index >= 15 is 0 Å². The number of aromatic nitrogens is 10. The molecule has 2 aliphatic rings. The predicted octanol–water partition coefficient (Wildman–Crippen LogP) is 7.08. The smallest absolute Gasteiger partial charge is 0.268 e. The quantitative estimate of drug-likeness (QED) is 0.104. The van der Waals surface area contributed by atoms with Crippen LogP contribution in [0.25, 0.3) is 11.6 Å². The van der Waals surface area contributed by atoms with Gasteiger partial charge in [0.2, 0.25) is 5.88 Å². The van der Waals surface area contributed by atoms with Crippen LogP contribution in [-0.2, 0) is 34.1 Å². The number of ether oxygens (including phenoxy) is 1. The van der Waals surface area contributed by atoms with Crippen LogP contribution in [0.1, 0.15) is 107 Å². The Morgan fingerprint density at radius 3 is 1.43 bits per heavy atom. The van der Waals surface area contributed by atoms with Crippen molar-refractivity contribution in [1.29, 1.82) is 0 Å². The van der Waals surface area contributed by atoms with E-state index in [2.05, 4.69) is 130 Å². The number of aryl methyl sites for hydroxylation is 4. The van der Waals surface area contributed by atoms with Crippen molar-refractivity contribution in [3.8, 4) is 17.5 Å². The van der Waals surface area contributed by atoms with Crippen LogP contribution in [0.3, 0.4) is 0 Å². The number of nitrogens with one attached hydrogen (secondary N) is 2. The summed E-state index contributed by atoms with van der Waals surface area (Å²) in [5.41, 5.74) is 0.442. The van der Waals surface area contributed by atoms with Gasteiger partial charge in [-0.3, -0.25) is 19.0 Å². The lowest BCUT2D eigenvalue weighted by atomic mass is 9.97. The molecule has 8 heterocycles. The molecule has 0 bridgehead atoms. The van der Waals surface area contributed by atoms with Gasteiger partial charge in [0.1, 0.15) is 29.5 Å². The van der Waals surface area contributed by atoms with E-state index in [9.17, 15) is 26.4 Å². The summed E-state index contributed by atoms with van der Waals surface area (Å²) in [4.78, 5) is 40.8. The minimum Gasteiger partial charge on any atom is -0.480 e. The van der Waals surface area contributed by atoms with Crippen molar-refractivity contribution in [1.82, 2.24) is 58.5 Å². The summed E-state index contributed by atoms with van der Waals surface area (Å²) in [5, 5.41) is 18.8. The number of carbonyl (C=O) groups excluding carboxylic acids is 2. The molecule has 6 aromatic heterocycles. The molecular formula is C52H78N14O7S2Si2. The summed E-state index contributed by atoms with van der Waals surface area (Å²) < 4.78 is 68.9. The summed E-state index contributed by atoms with van der Waals surface area (Å²) in [6.45, 7) is 35.3. The molecule has 2 aliphatic heterocycles. The Hall–Kier alpha value is -6.19. The zero-order chi connectivity index (χ0) is 57.2. The first-order valence-electron chi connectivity index (χ1n) is 25.9. The maximum absolute atomic E-state index is 13.5. The molecule has 2 amide bonds. The first-order valence-corrected chi connectivity index (χ1v) is 35.5. The van der Waals surface area contributed by atoms with E-state index in [1.54, 1.807) is 73.8 Å². The topological polar surface area (TPSA) is 239 Å². The normalized spacial score (nSPS) is 17.8. The zero-order valence-corrected chi connectivity index (χ0v) is 51.6. The second-order valence-corrected chi connectivity index (χ2v) is 38.7. The second-order valence-electron chi connectivity index (χ2n) is 24.8. The molecule has 418 valence electrons. The Morgan fingerprint density at radius 1 is 0.662 bits per heavy atom. The van der Waals surface area contributed by atoms with E-state index in [0.29, 0.717) is 71.7 Å². The summed E-state index contributed by atoms with van der Waals surface area (Å²) in [5.74, 6) is 1.72. The van der Waals surface area contributed by atoms with Gasteiger partial charge in [-0.15, -0.1) is 5.10 Å². The number of sulfonamides is 2. The third-order valence-electron chi connectivity index (χ3n) is 14.8. The largest absolute Gasteiger partial charge is 0.480 e. The van der Waals surface area contributed by atoms with Crippen LogP contribution in [0.5, 0.6) is 5.88 Å². The Kier molecular flexibility index (Phi) is 15.9. The highest BCUT2D eigenvalue weighted by atomic mass is 32.2. The first kappa shape index (κ1) is 58.5. The number of rotatable bonds is 14. The summed E-state index contributed by atoms with van der Waals surface area (Å²) >= 11 is 0. The van der Waals surface area contributed by atoms with Gasteiger partial charge in [0.25, 0.3) is 31.9 Å². The minimum atomic E-state index is -4.15. The lowest BCUT2D eigenvalue weighted by Gasteiger charge is -2.35. The van der Waals surface area contributed by atoms with E-state index in [0.717, 1.165) is 18.2 Å². The van der Waals surface area contributed by atoms with Crippen molar-refractivity contribution in [2.75, 3.05) is 29.1 Å². The molecule has 0 spiro atoms. The van der Waals surface area contributed by atoms with Gasteiger partial charge in [-0.25, -0.2) is 45.6 Å². The Morgan fingerprint density at radius 2 is 1.08 bits per heavy atom. The van der Waals surface area contributed by atoms with Crippen molar-refractivity contribution < 1.29 is 31.2 Å². The van der Waals surface area contributed by atoms with Crippen molar-refractivity contribution >= 4 is 65.0 Å². The van der Waals surface area contributed by atoms with Crippen LogP contribution in [0, 0.1) is 25.7 Å². The van der Waals surface area contributed by atoms with Gasteiger partial charge >= 0.3 is 0 Å². The van der Waals surface area contributed by atoms with E-state index in [1.807, 2.05) is 12.3 Å². The molecule has 2 fully saturated rings. The van der Waals surface area contributed by atoms with Crippen molar-refractivity contribution in [3.63, 3.8) is 0 Å². The average molecular weight is 1130 g/mol. The number of amides is 2. The van der Waals surface area contributed by atoms with Gasteiger partial charge < -0.3 is 14.5 Å². The second kappa shape index (κ2) is 20.9. The maximum Gasteiger partial charge on any atom is 0.268 e. The van der Waals surface area contributed by atoms with Crippen LogP contribution in [-0.4, -0.2) is 124 Å². The SMILES string of the molecule is Cc1nn(C)cc1S(=O)(=O)NC(=O)c1ccc(-n2ccc(OC[Si](C)(C)C(C)(C)C)n2)nc1N1C[C@@H](C)CC1(C)C.Cc1nn(C)cc1S(=O)(=O)NC(=O)c1ccc(-n2ccc([Si](C)(C)C)n2)nc1N1C[C@@H](C)CC1(C)C. The molecule has 6 aromatic rings. The third-order valence-corrected chi connectivity index (χ3v) is 24.4. The average Bonchev–Trinajstić information content (AvgIpc) is 4.17. The number of nitrogens with zero attached hydrogens (tertiary/aromatic N) is 12. The first-order chi connectivity index (χ1) is 35.4. The molecule has 0 radical (unpaired) electrons. The molecular weight excluding hydrogens is 1050 g/mol. The molecule has 0 aromatic carbocycles. The molecule has 2 N–H and O–H groups in total. The van der Waals surface area contributed by atoms with Gasteiger partial charge in [0.05, 0.1) is 36.8 Å². The molecule has 0 unspecified atom stereocenters. The lowest BCUT2D eigenvalue weighted by molar-refractivity contribution is 0.0972. The maximum atomic E-state index is 13.5. The van der Waals surface area contributed by atoms with Crippen LogP contribution < -0.4 is 29.3 Å². The number of pyridine rings is 2. The fourth-order valence-corrected chi connectivity index (χ4v) is 14.1. The molecule has 0 aliphatic carbocycles. The van der Waals surface area contributed by atoms with Gasteiger partial charge in [-0.05, 0) is 102 Å². The Labute approximate surface area is 456 Å². The highest BCUT2D eigenvalue weighted by Gasteiger charge is 2.42. The number of hydrogen-bond donors (Lipinski definition) is 2. The fraction of sp³-hybridized carbons (Fsp3) is 0.538. The van der Waals surface area contributed by atoms with E-state index < -0.39 is 48.0 Å². The monoisotopic (exact) mass is 1130 g/mol. The molecule has 21 nitrogen and oxygen atoms in total. The fourth-order valence-electron chi connectivity index (χ4n) is 9.80. The van der Waals surface area contributed by atoms with Crippen LogP contribution >= 0.6 is 0 Å². The molecule has 2 saturated heterocycles. The Balaban J connectivity index is 0.000000225. The molecule has 2 atom stereocenters. The molecule has 8 rings (SSSR count). The van der Waals surface area contributed by atoms with Gasteiger partial charge in [-0.2, -0.15) is 15.3 Å². The highest BCUT2D eigenvalue weighted by Crippen LogP contribution is 2.40. The number of anilines is 2. The van der Waals surface area contributed by atoms with Crippen molar-refractivity contribution in [2.45, 2.75) is 148 Å². The summed E-state index contributed by atoms with van der Waals surface area (Å²) in [6, 6.07) is 10.4. The van der Waals surface area contributed by atoms with Gasteiger partial charge in [0.15, 0.2) is 11.6 Å². The third kappa shape index (κ3) is 12.7. The van der Waals surface area contributed by atoms with E-state index in [1.165, 1.54) is 21.8 Å². The number of carbonyl (C=O) groups is 2. The van der Waals surface area contributed by atoms with Crippen LogP contribution in [0.2, 0.25) is 37.8 Å². The standard InChI is InChI=1S/C28H43N7O4SSi.C24H35N7O3SSi/c1-19-15-28(6,7)34(16-19)25-21(26(36)32-40(37,38)22-17-33(8)30-20(22)2)11-12-23(29-25)35-14-13-24(31-35)39-18-41(9,10)27(3,4)5;1-16-13-24(3,4)30(14-16)22-18(23(32)28-35(33,34)19-15-29(5)26-17(19)2)9-10-20(25-22)31-12-11-21(27-31)36(6,7)8/h11-14,17,19H,15-16,18H2,1-10H3,(H,32,36);9-12,15-16H,13-14H2,1-8H3,(H,28,32)/t19-;16-/m00/s1. The Bertz CT molecular complexity index is 3420. The molecule has 25 heteroatoms. The van der Waals surface area contributed by atoms with E-state index in [4.69, 9.17) is 19.8 Å². The summed E-state index contributed by atoms with van der Waals surface area (Å²) in [6.07, 6.45) is 8.88. The zero-order valence-electron chi connectivity index (χ0n) is 48.0. The van der Waals surface area contributed by atoms with Crippen molar-refractivity contribution in [3.05, 3.63) is 83.7 Å². The highest BCUT2D eigenvalue weighted by molar-refractivity contribution is 7.90. The molecule has 77 heavy (non-hydrogen) atoms. The van der Waals surface area contributed by atoms with Crippen LogP contribution in [0.15, 0.2) is 71.0 Å². The van der Waals surface area contributed by atoms with Gasteiger partial charge in [-0.1, -0.05) is 67.4 Å². The summed E-state index contributed by atoms with van der Waals surface area (Å²) in [7, 11) is -8.28. The van der Waals surface area contributed by atoms with Crippen LogP contribution in [0.4, 0.5) is 11.6 Å².